The first-order valence-electron chi connectivity index (χ1n) is 10.6. The van der Waals surface area contributed by atoms with Crippen LogP contribution in [0.1, 0.15) is 12.0 Å². The maximum atomic E-state index is 12.7. The molecule has 2 unspecified atom stereocenters. The highest BCUT2D eigenvalue weighted by Gasteiger charge is 2.49. The van der Waals surface area contributed by atoms with Gasteiger partial charge < -0.3 is 14.7 Å². The van der Waals surface area contributed by atoms with Gasteiger partial charge in [0.15, 0.2) is 18.2 Å². The van der Waals surface area contributed by atoms with E-state index < -0.39 is 12.2 Å². The average molecular weight is 411 g/mol. The molecule has 3 aliphatic rings. The van der Waals surface area contributed by atoms with Crippen LogP contribution in [0.4, 0.5) is 4.79 Å². The molecule has 1 aromatic carbocycles. The first kappa shape index (κ1) is 20.4. The molecule has 0 aliphatic carbocycles. The standard InChI is InChI=1S/C22H30N6O2/c1-3-11-26-13-15-27(16-14-26)21-23-19-18(20(29)24-22(30)25(19)2)28(21)12-7-10-17-8-5-4-6-9-17/h3-6,8-9,18-19H,1,7,10-16H2,2H3,(H,24,29,30). The number of fused-ring (bicyclic) bond motifs is 1. The molecule has 1 N–H and O–H groups in total. The Morgan fingerprint density at radius 1 is 1.17 bits per heavy atom. The van der Waals surface area contributed by atoms with Gasteiger partial charge in [-0.3, -0.25) is 15.0 Å². The number of imide groups is 1. The number of aliphatic imine (C=N–C) groups is 1. The lowest BCUT2D eigenvalue weighted by molar-refractivity contribution is -0.127. The molecule has 2 fully saturated rings. The molecule has 2 atom stereocenters. The predicted molar refractivity (Wildman–Crippen MR) is 116 cm³/mol. The van der Waals surface area contributed by atoms with E-state index in [1.54, 1.807) is 7.05 Å². The number of nitrogens with zero attached hydrogens (tertiary/aromatic N) is 5. The van der Waals surface area contributed by atoms with Crippen molar-refractivity contribution < 1.29 is 9.59 Å². The van der Waals surface area contributed by atoms with Crippen molar-refractivity contribution in [1.29, 1.82) is 0 Å². The maximum absolute atomic E-state index is 12.7. The Hall–Kier alpha value is -2.87. The molecular formula is C22H30N6O2. The molecule has 1 aromatic rings. The number of hydrogen-bond acceptors (Lipinski definition) is 6. The molecule has 3 aliphatic heterocycles. The molecule has 2 saturated heterocycles. The summed E-state index contributed by atoms with van der Waals surface area (Å²) in [5.74, 6) is 0.583. The monoisotopic (exact) mass is 410 g/mol. The summed E-state index contributed by atoms with van der Waals surface area (Å²) in [6.45, 7) is 8.98. The lowest BCUT2D eigenvalue weighted by Crippen LogP contribution is -2.64. The van der Waals surface area contributed by atoms with Crippen molar-refractivity contribution in [2.45, 2.75) is 25.0 Å². The van der Waals surface area contributed by atoms with Crippen molar-refractivity contribution in [3.8, 4) is 0 Å². The summed E-state index contributed by atoms with van der Waals surface area (Å²) < 4.78 is 0. The smallest absolute Gasteiger partial charge is 0.325 e. The molecule has 3 heterocycles. The molecule has 3 amide bonds. The highest BCUT2D eigenvalue weighted by molar-refractivity contribution is 6.03. The molecule has 8 heteroatoms. The van der Waals surface area contributed by atoms with Crippen molar-refractivity contribution in [1.82, 2.24) is 24.9 Å². The Morgan fingerprint density at radius 3 is 2.60 bits per heavy atom. The van der Waals surface area contributed by atoms with Crippen LogP contribution in [0.2, 0.25) is 0 Å². The number of likely N-dealkylation sites (N-methyl/N-ethyl adjacent to an activating group) is 1. The summed E-state index contributed by atoms with van der Waals surface area (Å²) in [4.78, 5) is 38.0. The molecule has 0 saturated carbocycles. The summed E-state index contributed by atoms with van der Waals surface area (Å²) >= 11 is 0. The fourth-order valence-corrected chi connectivity index (χ4v) is 4.43. The van der Waals surface area contributed by atoms with Crippen molar-refractivity contribution in [3.05, 3.63) is 48.6 Å². The molecule has 0 bridgehead atoms. The predicted octanol–water partition coefficient (Wildman–Crippen LogP) is 0.971. The van der Waals surface area contributed by atoms with Crippen molar-refractivity contribution in [2.75, 3.05) is 46.3 Å². The van der Waals surface area contributed by atoms with Gasteiger partial charge in [-0.15, -0.1) is 6.58 Å². The number of carbonyl (C=O) groups excluding carboxylic acids is 2. The van der Waals surface area contributed by atoms with Crippen LogP contribution in [-0.2, 0) is 11.2 Å². The van der Waals surface area contributed by atoms with Gasteiger partial charge in [0.05, 0.1) is 0 Å². The van der Waals surface area contributed by atoms with E-state index in [2.05, 4.69) is 38.7 Å². The van der Waals surface area contributed by atoms with Crippen LogP contribution < -0.4 is 5.32 Å². The van der Waals surface area contributed by atoms with Gasteiger partial charge in [-0.25, -0.2) is 9.79 Å². The van der Waals surface area contributed by atoms with Crippen molar-refractivity contribution in [2.24, 2.45) is 4.99 Å². The van der Waals surface area contributed by atoms with Gasteiger partial charge in [0.25, 0.3) is 5.91 Å². The Kier molecular flexibility index (Phi) is 6.03. The van der Waals surface area contributed by atoms with Crippen LogP contribution in [0, 0.1) is 0 Å². The Labute approximate surface area is 177 Å². The zero-order valence-electron chi connectivity index (χ0n) is 17.5. The van der Waals surface area contributed by atoms with Gasteiger partial charge in [-0.2, -0.15) is 0 Å². The first-order chi connectivity index (χ1) is 14.6. The molecule has 160 valence electrons. The molecule has 0 spiro atoms. The van der Waals surface area contributed by atoms with E-state index in [-0.39, 0.29) is 11.9 Å². The summed E-state index contributed by atoms with van der Waals surface area (Å²) in [6.07, 6.45) is 3.31. The van der Waals surface area contributed by atoms with Gasteiger partial charge in [0.2, 0.25) is 0 Å². The Morgan fingerprint density at radius 2 is 1.90 bits per heavy atom. The second-order valence-electron chi connectivity index (χ2n) is 8.05. The highest BCUT2D eigenvalue weighted by Crippen LogP contribution is 2.26. The normalized spacial score (nSPS) is 24.6. The fraction of sp³-hybridized carbons (Fsp3) is 0.500. The van der Waals surface area contributed by atoms with Crippen LogP contribution in [0.3, 0.4) is 0 Å². The molecule has 4 rings (SSSR count). The van der Waals surface area contributed by atoms with Crippen molar-refractivity contribution >= 4 is 17.9 Å². The van der Waals surface area contributed by atoms with E-state index in [1.165, 1.54) is 10.5 Å². The van der Waals surface area contributed by atoms with Gasteiger partial charge in [-0.05, 0) is 18.4 Å². The van der Waals surface area contributed by atoms with Crippen LogP contribution in [0.15, 0.2) is 48.0 Å². The minimum Gasteiger partial charge on any atom is -0.340 e. The molecule has 0 aromatic heterocycles. The van der Waals surface area contributed by atoms with Gasteiger partial charge >= 0.3 is 6.03 Å². The number of aryl methyl sites for hydroxylation is 1. The number of amides is 3. The second kappa shape index (κ2) is 8.87. The van der Waals surface area contributed by atoms with E-state index in [0.717, 1.165) is 58.1 Å². The number of piperazine rings is 1. The number of carbonyl (C=O) groups is 2. The molecular weight excluding hydrogens is 380 g/mol. The van der Waals surface area contributed by atoms with Crippen LogP contribution in [0.5, 0.6) is 0 Å². The van der Waals surface area contributed by atoms with Crippen LogP contribution in [-0.4, -0.2) is 96.0 Å². The lowest BCUT2D eigenvalue weighted by Gasteiger charge is -2.40. The van der Waals surface area contributed by atoms with E-state index in [1.807, 2.05) is 24.3 Å². The van der Waals surface area contributed by atoms with Crippen molar-refractivity contribution in [3.63, 3.8) is 0 Å². The topological polar surface area (TPSA) is 71.5 Å². The number of benzene rings is 1. The van der Waals surface area contributed by atoms with Crippen LogP contribution in [0.25, 0.3) is 0 Å². The molecule has 8 nitrogen and oxygen atoms in total. The van der Waals surface area contributed by atoms with E-state index >= 15 is 0 Å². The Bertz CT molecular complexity index is 818. The Balaban J connectivity index is 1.50. The number of guanidine groups is 1. The lowest BCUT2D eigenvalue weighted by atomic mass is 10.1. The third-order valence-electron chi connectivity index (χ3n) is 6.09. The maximum Gasteiger partial charge on any atom is 0.325 e. The molecule has 30 heavy (non-hydrogen) atoms. The zero-order valence-corrected chi connectivity index (χ0v) is 17.5. The van der Waals surface area contributed by atoms with E-state index in [9.17, 15) is 9.59 Å². The van der Waals surface area contributed by atoms with Gasteiger partial charge in [0, 0.05) is 46.3 Å². The third kappa shape index (κ3) is 4.05. The minimum atomic E-state index is -0.468. The van der Waals surface area contributed by atoms with Crippen LogP contribution >= 0.6 is 0 Å². The summed E-state index contributed by atoms with van der Waals surface area (Å²) in [5.41, 5.74) is 1.28. The van der Waals surface area contributed by atoms with E-state index in [4.69, 9.17) is 4.99 Å². The summed E-state index contributed by atoms with van der Waals surface area (Å²) in [5, 5.41) is 2.48. The fourth-order valence-electron chi connectivity index (χ4n) is 4.43. The molecule has 0 radical (unpaired) electrons. The third-order valence-corrected chi connectivity index (χ3v) is 6.09. The van der Waals surface area contributed by atoms with Gasteiger partial charge in [0.1, 0.15) is 0 Å². The van der Waals surface area contributed by atoms with E-state index in [0.29, 0.717) is 0 Å². The zero-order chi connectivity index (χ0) is 21.1. The summed E-state index contributed by atoms with van der Waals surface area (Å²) in [6, 6.07) is 9.51. The number of hydrogen-bond donors (Lipinski definition) is 1. The number of rotatable bonds is 6. The van der Waals surface area contributed by atoms with Gasteiger partial charge in [-0.1, -0.05) is 36.4 Å². The largest absolute Gasteiger partial charge is 0.340 e. The number of nitrogens with one attached hydrogen (secondary N) is 1. The quantitative estimate of drug-likeness (QED) is 0.708. The average Bonchev–Trinajstić information content (AvgIpc) is 3.14. The number of urea groups is 1. The second-order valence-corrected chi connectivity index (χ2v) is 8.05. The first-order valence-corrected chi connectivity index (χ1v) is 10.6. The highest BCUT2D eigenvalue weighted by atomic mass is 16.2. The summed E-state index contributed by atoms with van der Waals surface area (Å²) in [7, 11) is 1.70. The minimum absolute atomic E-state index is 0.258. The SMILES string of the molecule is C=CCN1CCN(C2=NC3C(C(=O)NC(=O)N3C)N2CCCc2ccccc2)CC1.